The Morgan fingerprint density at radius 2 is 1.12 bits per heavy atom. The number of benzene rings is 2. The summed E-state index contributed by atoms with van der Waals surface area (Å²) in [4.78, 5) is 93.9. The molecule has 2 N–H and O–H groups in total. The lowest BCUT2D eigenvalue weighted by Gasteiger charge is -2.40. The molecule has 6 heterocycles. The Balaban J connectivity index is 0.791. The quantitative estimate of drug-likeness (QED) is 0.153. The molecule has 2 aromatic carbocycles. The van der Waals surface area contributed by atoms with E-state index in [1.165, 1.54) is 27.1 Å². The van der Waals surface area contributed by atoms with E-state index in [-0.39, 0.29) is 67.7 Å². The molecule has 0 saturated carbocycles. The summed E-state index contributed by atoms with van der Waals surface area (Å²) in [5.41, 5.74) is 2.30. The van der Waals surface area contributed by atoms with Crippen molar-refractivity contribution in [3.8, 4) is 0 Å². The number of rotatable bonds is 16. The number of likely N-dealkylation sites (N-methyl/N-ethyl adjacent to an activating group) is 2. The molecule has 6 amide bonds. The molecule has 0 spiro atoms. The minimum atomic E-state index is -1.03. The summed E-state index contributed by atoms with van der Waals surface area (Å²) in [5, 5.41) is 27.4. The SMILES string of the molecule is C=C/C(=N\N1CC[C@H](NC(=O)c2ncn(Cc3cccc(C(C)(C)OC(=O)N4CC(/C(C=C)=N/N5CC[C@@H](NC(=O)c6ncn(Cc7ccccc7)n6)C(=O)N(C)C5)C4)c3)n2)C(=O)N(C)C1)C1CN(C(=O)OC(C)(C)C)C1. The molecule has 0 aliphatic carbocycles. The summed E-state index contributed by atoms with van der Waals surface area (Å²) in [7, 11) is 3.29. The van der Waals surface area contributed by atoms with E-state index in [0.29, 0.717) is 63.7 Å². The van der Waals surface area contributed by atoms with Gasteiger partial charge in [-0.05, 0) is 82.4 Å². The number of amides is 6. The van der Waals surface area contributed by atoms with Crippen molar-refractivity contribution in [2.24, 2.45) is 22.0 Å². The van der Waals surface area contributed by atoms with Gasteiger partial charge in [-0.15, -0.1) is 10.2 Å². The van der Waals surface area contributed by atoms with Crippen molar-refractivity contribution >= 4 is 47.2 Å². The van der Waals surface area contributed by atoms with Crippen molar-refractivity contribution in [3.63, 3.8) is 0 Å². The third-order valence-electron chi connectivity index (χ3n) is 13.5. The molecule has 4 aromatic rings. The number of hydrogen-bond donors (Lipinski definition) is 2. The zero-order chi connectivity index (χ0) is 55.2. The monoisotopic (exact) mass is 1060 g/mol. The van der Waals surface area contributed by atoms with Gasteiger partial charge in [0.15, 0.2) is 0 Å². The van der Waals surface area contributed by atoms with E-state index < -0.39 is 41.2 Å². The maximum atomic E-state index is 13.5. The summed E-state index contributed by atoms with van der Waals surface area (Å²) in [6, 6.07) is 15.5. The first kappa shape index (κ1) is 54.8. The van der Waals surface area contributed by atoms with E-state index in [4.69, 9.17) is 19.7 Å². The number of aromatic nitrogens is 6. The Morgan fingerprint density at radius 1 is 0.662 bits per heavy atom. The Kier molecular flexibility index (Phi) is 16.5. The number of likely N-dealkylation sites (tertiary alicyclic amines) is 2. The van der Waals surface area contributed by atoms with Gasteiger partial charge in [0.25, 0.3) is 11.8 Å². The molecule has 0 unspecified atom stereocenters. The molecule has 0 bridgehead atoms. The molecule has 408 valence electrons. The summed E-state index contributed by atoms with van der Waals surface area (Å²) in [6.07, 6.45) is 5.95. The van der Waals surface area contributed by atoms with Crippen molar-refractivity contribution in [1.29, 1.82) is 0 Å². The molecule has 2 aromatic heterocycles. The number of nitrogens with one attached hydrogen (secondary N) is 2. The van der Waals surface area contributed by atoms with Crippen molar-refractivity contribution in [2.75, 3.05) is 66.7 Å². The van der Waals surface area contributed by atoms with Gasteiger partial charge in [-0.3, -0.25) is 29.2 Å². The lowest BCUT2D eigenvalue weighted by molar-refractivity contribution is -0.133. The first-order valence-corrected chi connectivity index (χ1v) is 25.6. The Labute approximate surface area is 447 Å². The summed E-state index contributed by atoms with van der Waals surface area (Å²) in [6.45, 7) is 20.4. The molecule has 8 rings (SSSR count). The Bertz CT molecular complexity index is 2920. The number of carbonyl (C=O) groups is 6. The second-order valence-electron chi connectivity index (χ2n) is 21.2. The van der Waals surface area contributed by atoms with E-state index in [9.17, 15) is 28.8 Å². The van der Waals surface area contributed by atoms with Crippen molar-refractivity contribution < 1.29 is 38.2 Å². The number of allylic oxidation sites excluding steroid dienone is 2. The zero-order valence-electron chi connectivity index (χ0n) is 44.7. The average Bonchev–Trinajstić information content (AvgIpc) is 3.99. The first-order valence-electron chi connectivity index (χ1n) is 25.6. The number of carbonyl (C=O) groups excluding carboxylic acids is 6. The lowest BCUT2D eigenvalue weighted by atomic mass is 9.94. The number of hydrazone groups is 2. The van der Waals surface area contributed by atoms with E-state index >= 15 is 0 Å². The van der Waals surface area contributed by atoms with E-state index in [0.717, 1.165) is 16.7 Å². The average molecular weight is 1060 g/mol. The van der Waals surface area contributed by atoms with Crippen LogP contribution in [0.4, 0.5) is 9.59 Å². The van der Waals surface area contributed by atoms with Gasteiger partial charge in [-0.2, -0.15) is 10.2 Å². The van der Waals surface area contributed by atoms with Gasteiger partial charge in [0.2, 0.25) is 23.5 Å². The molecule has 4 aliphatic rings. The van der Waals surface area contributed by atoms with Crippen LogP contribution in [0.2, 0.25) is 0 Å². The van der Waals surface area contributed by atoms with Crippen LogP contribution in [0.5, 0.6) is 0 Å². The number of hydrogen-bond acceptors (Lipinski definition) is 16. The van der Waals surface area contributed by atoms with Crippen LogP contribution in [-0.2, 0) is 37.8 Å². The highest BCUT2D eigenvalue weighted by atomic mass is 16.6. The van der Waals surface area contributed by atoms with Crippen LogP contribution in [0, 0.1) is 11.8 Å². The van der Waals surface area contributed by atoms with Crippen LogP contribution >= 0.6 is 0 Å². The normalized spacial score (nSPS) is 19.2. The summed E-state index contributed by atoms with van der Waals surface area (Å²) < 4.78 is 14.6. The largest absolute Gasteiger partial charge is 0.444 e. The van der Waals surface area contributed by atoms with Crippen LogP contribution in [0.15, 0.2) is 103 Å². The van der Waals surface area contributed by atoms with Gasteiger partial charge < -0.3 is 39.7 Å². The highest BCUT2D eigenvalue weighted by Crippen LogP contribution is 2.30. The third-order valence-corrected chi connectivity index (χ3v) is 13.5. The molecular weight excluding hydrogens is 989 g/mol. The van der Waals surface area contributed by atoms with Crippen molar-refractivity contribution in [2.45, 2.75) is 83.8 Å². The highest BCUT2D eigenvalue weighted by molar-refractivity contribution is 5.99. The molecule has 2 atom stereocenters. The van der Waals surface area contributed by atoms with Gasteiger partial charge >= 0.3 is 12.2 Å². The predicted molar refractivity (Wildman–Crippen MR) is 283 cm³/mol. The van der Waals surface area contributed by atoms with E-state index in [2.05, 4.69) is 44.0 Å². The van der Waals surface area contributed by atoms with Gasteiger partial charge in [0, 0.05) is 65.2 Å². The van der Waals surface area contributed by atoms with Crippen molar-refractivity contribution in [1.82, 2.24) is 69.8 Å². The van der Waals surface area contributed by atoms with Crippen LogP contribution in [0.3, 0.4) is 0 Å². The van der Waals surface area contributed by atoms with Crippen LogP contribution < -0.4 is 10.6 Å². The minimum absolute atomic E-state index is 0.0260. The molecule has 77 heavy (non-hydrogen) atoms. The fraction of sp³-hybridized carbons (Fsp3) is 0.472. The van der Waals surface area contributed by atoms with Crippen LogP contribution in [0.1, 0.15) is 85.4 Å². The molecular formula is C53H68N16O8. The standard InChI is InChI=1S/C53H68N16O8/c1-10-40(37-27-64(28-37)50(74)76-52(3,4)5)58-66-22-21-43(49(73)62(8)33-66)57-47(71)45-55-32-69(61-45)26-36-18-15-19-39(24-36)53(6,7)77-51(75)65-29-38(30-65)41(11-2)59-67-23-20-42(48(72)63(9)34-67)56-46(70)44-54-31-68(60-44)25-35-16-13-12-14-17-35/h10-19,24,31-32,37-38,42-43H,1-2,20-23,25-30,33-34H2,3-9H3,(H,56,70)(H,57,71)/b58-40+,59-41+/t42-,43+/m1/s1. The molecule has 24 heteroatoms. The van der Waals surface area contributed by atoms with Crippen LogP contribution in [0.25, 0.3) is 0 Å². The van der Waals surface area contributed by atoms with Gasteiger partial charge in [-0.1, -0.05) is 61.7 Å². The fourth-order valence-corrected chi connectivity index (χ4v) is 9.14. The predicted octanol–water partition coefficient (Wildman–Crippen LogP) is 3.36. The molecule has 24 nitrogen and oxygen atoms in total. The van der Waals surface area contributed by atoms with Gasteiger partial charge in [0.05, 0.1) is 24.5 Å². The number of ether oxygens (including phenoxy) is 2. The fourth-order valence-electron chi connectivity index (χ4n) is 9.14. The van der Waals surface area contributed by atoms with Gasteiger partial charge in [0.1, 0.15) is 49.3 Å². The number of nitrogens with zero attached hydrogens (tertiary/aromatic N) is 14. The second kappa shape index (κ2) is 23.2. The smallest absolute Gasteiger partial charge is 0.410 e. The topological polar surface area (TPSA) is 251 Å². The lowest BCUT2D eigenvalue weighted by Crippen LogP contribution is -2.54. The maximum absolute atomic E-state index is 13.5. The van der Waals surface area contributed by atoms with E-state index in [1.54, 1.807) is 50.7 Å². The summed E-state index contributed by atoms with van der Waals surface area (Å²) >= 11 is 0. The third kappa shape index (κ3) is 13.7. The Morgan fingerprint density at radius 3 is 1.58 bits per heavy atom. The highest BCUT2D eigenvalue weighted by Gasteiger charge is 2.40. The van der Waals surface area contributed by atoms with Crippen LogP contribution in [-0.4, -0.2) is 191 Å². The zero-order valence-corrected chi connectivity index (χ0v) is 44.7. The van der Waals surface area contributed by atoms with Crippen molar-refractivity contribution in [3.05, 3.63) is 121 Å². The summed E-state index contributed by atoms with van der Waals surface area (Å²) in [5.74, 6) is -1.97. The van der Waals surface area contributed by atoms with E-state index in [1.807, 2.05) is 89.2 Å². The Hall–Kier alpha value is -8.44. The molecule has 4 aliphatic heterocycles. The molecule has 0 radical (unpaired) electrons. The van der Waals surface area contributed by atoms with Gasteiger partial charge in [-0.25, -0.2) is 28.9 Å². The molecule has 4 saturated heterocycles. The maximum Gasteiger partial charge on any atom is 0.410 e. The first-order chi connectivity index (χ1) is 36.6. The molecule has 4 fully saturated rings. The second-order valence-corrected chi connectivity index (χ2v) is 21.2. The minimum Gasteiger partial charge on any atom is -0.444 e.